The first-order valence-corrected chi connectivity index (χ1v) is 10.3. The Hall–Kier alpha value is -2.92. The van der Waals surface area contributed by atoms with Gasteiger partial charge in [0.2, 0.25) is 0 Å². The molecule has 5 heteroatoms. The summed E-state index contributed by atoms with van der Waals surface area (Å²) in [5, 5.41) is 2.93. The van der Waals surface area contributed by atoms with Gasteiger partial charge in [0.15, 0.2) is 5.82 Å². The van der Waals surface area contributed by atoms with Gasteiger partial charge in [0.05, 0.1) is 10.6 Å². The molecule has 1 aliphatic heterocycles. The lowest BCUT2D eigenvalue weighted by atomic mass is 10.0. The predicted molar refractivity (Wildman–Crippen MR) is 114 cm³/mol. The zero-order valence-electron chi connectivity index (χ0n) is 15.7. The Morgan fingerprint density at radius 3 is 2.57 bits per heavy atom. The van der Waals surface area contributed by atoms with Gasteiger partial charge < -0.3 is 5.32 Å². The molecule has 2 aromatic carbocycles. The van der Waals surface area contributed by atoms with Crippen LogP contribution in [0.25, 0.3) is 0 Å². The third-order valence-corrected chi connectivity index (χ3v) is 5.63. The van der Waals surface area contributed by atoms with Crippen LogP contribution in [-0.2, 0) is 0 Å². The first-order valence-electron chi connectivity index (χ1n) is 9.47. The van der Waals surface area contributed by atoms with Crippen molar-refractivity contribution in [1.82, 2.24) is 10.3 Å². The van der Waals surface area contributed by atoms with Gasteiger partial charge in [0, 0.05) is 22.6 Å². The highest BCUT2D eigenvalue weighted by Gasteiger charge is 2.20. The van der Waals surface area contributed by atoms with E-state index in [1.54, 1.807) is 17.8 Å². The average molecular weight is 388 g/mol. The summed E-state index contributed by atoms with van der Waals surface area (Å²) in [5.41, 5.74) is 3.38. The van der Waals surface area contributed by atoms with Crippen molar-refractivity contribution >= 4 is 29.2 Å². The topological polar surface area (TPSA) is 54.4 Å². The van der Waals surface area contributed by atoms with Gasteiger partial charge in [0.25, 0.3) is 5.91 Å². The first-order chi connectivity index (χ1) is 13.8. The molecule has 4 rings (SSSR count). The summed E-state index contributed by atoms with van der Waals surface area (Å²) < 4.78 is 0. The molecule has 0 fully saturated rings. The summed E-state index contributed by atoms with van der Waals surface area (Å²) in [7, 11) is 0. The van der Waals surface area contributed by atoms with E-state index in [0.29, 0.717) is 18.1 Å². The number of aliphatic imine (C=N–C) groups is 1. The van der Waals surface area contributed by atoms with E-state index in [1.165, 1.54) is 0 Å². The van der Waals surface area contributed by atoms with Gasteiger partial charge in [-0.2, -0.15) is 0 Å². The van der Waals surface area contributed by atoms with Crippen LogP contribution in [0.1, 0.15) is 41.4 Å². The number of hydrogen-bond donors (Lipinski definition) is 1. The minimum absolute atomic E-state index is 0.153. The molecule has 1 aliphatic rings. The van der Waals surface area contributed by atoms with E-state index >= 15 is 0 Å². The Morgan fingerprint density at radius 1 is 0.964 bits per heavy atom. The molecule has 0 unspecified atom stereocenters. The highest BCUT2D eigenvalue weighted by atomic mass is 32.2. The van der Waals surface area contributed by atoms with Crippen molar-refractivity contribution < 1.29 is 4.79 Å². The van der Waals surface area contributed by atoms with Gasteiger partial charge >= 0.3 is 0 Å². The number of hydrogen-bond acceptors (Lipinski definition) is 4. The van der Waals surface area contributed by atoms with E-state index in [9.17, 15) is 4.79 Å². The number of carbonyl (C=O) groups is 1. The zero-order chi connectivity index (χ0) is 19.3. The summed E-state index contributed by atoms with van der Waals surface area (Å²) in [5.74, 6) is 0.433. The molecule has 1 amide bonds. The van der Waals surface area contributed by atoms with Gasteiger partial charge in [-0.3, -0.25) is 4.79 Å². The van der Waals surface area contributed by atoms with Crippen LogP contribution in [0.2, 0.25) is 0 Å². The number of nitrogens with one attached hydrogen (secondary N) is 1. The van der Waals surface area contributed by atoms with Gasteiger partial charge in [-0.25, -0.2) is 9.98 Å². The van der Waals surface area contributed by atoms with Crippen molar-refractivity contribution in [3.8, 4) is 0 Å². The summed E-state index contributed by atoms with van der Waals surface area (Å²) in [6, 6.07) is 22.0. The lowest BCUT2D eigenvalue weighted by molar-refractivity contribution is 0.0948. The fraction of sp³-hybridized carbons (Fsp3) is 0.174. The molecule has 0 spiro atoms. The highest BCUT2D eigenvalue weighted by Crippen LogP contribution is 2.40. The van der Waals surface area contributed by atoms with Crippen LogP contribution in [0.4, 0.5) is 5.82 Å². The number of aromatic nitrogens is 1. The van der Waals surface area contributed by atoms with Crippen LogP contribution in [0.5, 0.6) is 0 Å². The lowest BCUT2D eigenvalue weighted by Crippen LogP contribution is -2.25. The van der Waals surface area contributed by atoms with E-state index in [4.69, 9.17) is 4.99 Å². The van der Waals surface area contributed by atoms with E-state index < -0.39 is 0 Å². The van der Waals surface area contributed by atoms with E-state index in [0.717, 1.165) is 39.5 Å². The highest BCUT2D eigenvalue weighted by molar-refractivity contribution is 7.99. The maximum Gasteiger partial charge on any atom is 0.269 e. The Bertz CT molecular complexity index is 1030. The van der Waals surface area contributed by atoms with Crippen LogP contribution in [-0.4, -0.2) is 23.1 Å². The van der Waals surface area contributed by atoms with Crippen molar-refractivity contribution in [3.63, 3.8) is 0 Å². The molecule has 0 bridgehead atoms. The fourth-order valence-corrected chi connectivity index (χ4v) is 4.02. The van der Waals surface area contributed by atoms with Crippen molar-refractivity contribution in [2.24, 2.45) is 4.99 Å². The molecule has 3 aromatic rings. The molecule has 1 N–H and O–H groups in total. The number of rotatable bonds is 5. The number of unbranched alkanes of at least 4 members (excludes halogenated alkanes) is 1. The van der Waals surface area contributed by atoms with Crippen LogP contribution < -0.4 is 5.32 Å². The molecule has 0 aliphatic carbocycles. The molecule has 0 atom stereocenters. The maximum atomic E-state index is 12.4. The van der Waals surface area contributed by atoms with Crippen molar-refractivity contribution in [2.45, 2.75) is 29.6 Å². The summed E-state index contributed by atoms with van der Waals surface area (Å²) in [6.07, 6.45) is 2.00. The fourth-order valence-electron chi connectivity index (χ4n) is 3.04. The van der Waals surface area contributed by atoms with Crippen LogP contribution in [0.3, 0.4) is 0 Å². The van der Waals surface area contributed by atoms with Crippen molar-refractivity contribution in [2.75, 3.05) is 6.54 Å². The number of pyridine rings is 1. The number of carbonyl (C=O) groups excluding carboxylic acids is 1. The van der Waals surface area contributed by atoms with E-state index in [-0.39, 0.29) is 5.91 Å². The van der Waals surface area contributed by atoms with Crippen molar-refractivity contribution in [1.29, 1.82) is 0 Å². The molecule has 28 heavy (non-hydrogen) atoms. The number of amides is 1. The Balaban J connectivity index is 1.78. The first kappa shape index (κ1) is 18.4. The standard InChI is InChI=1S/C23H21N3OS/c1-2-3-15-24-23(27)18-13-14-20-22(25-18)26-21(16-9-5-4-6-10-16)17-11-7-8-12-19(17)28-20/h4-14H,2-3,15H2,1H3,(H,24,27). The number of nitrogens with zero attached hydrogens (tertiary/aromatic N) is 2. The normalized spacial score (nSPS) is 12.4. The Labute approximate surface area is 169 Å². The molecular formula is C23H21N3OS. The van der Waals surface area contributed by atoms with Crippen LogP contribution in [0.15, 0.2) is 81.5 Å². The number of benzene rings is 2. The second-order valence-corrected chi connectivity index (χ2v) is 7.64. The lowest BCUT2D eigenvalue weighted by Gasteiger charge is -2.08. The van der Waals surface area contributed by atoms with Gasteiger partial charge in [-0.15, -0.1) is 0 Å². The molecular weight excluding hydrogens is 366 g/mol. The SMILES string of the molecule is CCCCNC(=O)c1ccc2c(n1)N=C(c1ccccc1)c1ccccc1S2. The molecule has 0 saturated carbocycles. The average Bonchev–Trinajstić information content (AvgIpc) is 2.90. The summed E-state index contributed by atoms with van der Waals surface area (Å²) in [4.78, 5) is 24.0. The number of fused-ring (bicyclic) bond motifs is 2. The van der Waals surface area contributed by atoms with Crippen molar-refractivity contribution in [3.05, 3.63) is 83.6 Å². The third kappa shape index (κ3) is 3.85. The smallest absolute Gasteiger partial charge is 0.269 e. The van der Waals surface area contributed by atoms with Gasteiger partial charge in [0.1, 0.15) is 5.69 Å². The Morgan fingerprint density at radius 2 is 1.75 bits per heavy atom. The molecule has 0 saturated heterocycles. The molecule has 2 heterocycles. The van der Waals surface area contributed by atoms with E-state index in [2.05, 4.69) is 29.4 Å². The minimum atomic E-state index is -0.153. The van der Waals surface area contributed by atoms with Crippen LogP contribution >= 0.6 is 11.8 Å². The largest absolute Gasteiger partial charge is 0.351 e. The molecule has 1 aromatic heterocycles. The molecule has 0 radical (unpaired) electrons. The summed E-state index contributed by atoms with van der Waals surface area (Å²) in [6.45, 7) is 2.76. The summed E-state index contributed by atoms with van der Waals surface area (Å²) >= 11 is 1.63. The predicted octanol–water partition coefficient (Wildman–Crippen LogP) is 5.25. The molecule has 140 valence electrons. The maximum absolute atomic E-state index is 12.4. The zero-order valence-corrected chi connectivity index (χ0v) is 16.5. The second kappa shape index (κ2) is 8.40. The monoisotopic (exact) mass is 387 g/mol. The van der Waals surface area contributed by atoms with Crippen LogP contribution in [0, 0.1) is 0 Å². The van der Waals surface area contributed by atoms with Gasteiger partial charge in [-0.05, 0) is 24.6 Å². The Kier molecular flexibility index (Phi) is 5.53. The van der Waals surface area contributed by atoms with Gasteiger partial charge in [-0.1, -0.05) is 73.6 Å². The second-order valence-electron chi connectivity index (χ2n) is 6.55. The third-order valence-electron chi connectivity index (χ3n) is 4.51. The van der Waals surface area contributed by atoms with E-state index in [1.807, 2.05) is 48.5 Å². The molecule has 4 nitrogen and oxygen atoms in total. The minimum Gasteiger partial charge on any atom is -0.351 e. The quantitative estimate of drug-likeness (QED) is 0.476.